The summed E-state index contributed by atoms with van der Waals surface area (Å²) in [6.45, 7) is 2.52. The van der Waals surface area contributed by atoms with E-state index < -0.39 is 5.97 Å². The monoisotopic (exact) mass is 318 g/mol. The van der Waals surface area contributed by atoms with Crippen LogP contribution in [0.2, 0.25) is 0 Å². The molecule has 0 aliphatic rings. The molecule has 2 N–H and O–H groups in total. The van der Waals surface area contributed by atoms with Gasteiger partial charge in [-0.1, -0.05) is 0 Å². The molecule has 0 spiro atoms. The summed E-state index contributed by atoms with van der Waals surface area (Å²) in [6.07, 6.45) is 1.52. The first kappa shape index (κ1) is 16.4. The van der Waals surface area contributed by atoms with Crippen LogP contribution in [0.4, 0.5) is 0 Å². The van der Waals surface area contributed by atoms with Crippen molar-refractivity contribution in [3.05, 3.63) is 47.4 Å². The van der Waals surface area contributed by atoms with Crippen molar-refractivity contribution in [3.8, 4) is 11.5 Å². The summed E-state index contributed by atoms with van der Waals surface area (Å²) in [5.74, 6) is 6.37. The second-order valence-electron chi connectivity index (χ2n) is 4.46. The molecule has 0 aliphatic carbocycles. The molecule has 1 aromatic heterocycles. The molecule has 0 aliphatic heterocycles. The van der Waals surface area contributed by atoms with Gasteiger partial charge in [-0.05, 0) is 42.8 Å². The zero-order chi connectivity index (χ0) is 16.7. The Hall–Kier alpha value is -2.96. The summed E-state index contributed by atoms with van der Waals surface area (Å²) in [5, 5.41) is 3.48. The normalized spacial score (nSPS) is 10.7. The highest BCUT2D eigenvalue weighted by molar-refractivity contribution is 5.86. The average Bonchev–Trinajstić information content (AvgIpc) is 3.03. The maximum Gasteiger partial charge on any atom is 0.373 e. The minimum Gasteiger partial charge on any atom is -0.490 e. The molecule has 0 radical (unpaired) electrons. The smallest absolute Gasteiger partial charge is 0.373 e. The van der Waals surface area contributed by atoms with Gasteiger partial charge in [0, 0.05) is 0 Å². The minimum absolute atomic E-state index is 0.130. The first-order valence-electron chi connectivity index (χ1n) is 6.97. The molecule has 122 valence electrons. The topological polar surface area (TPSA) is 96.3 Å². The van der Waals surface area contributed by atoms with E-state index in [1.165, 1.54) is 19.4 Å². The highest BCUT2D eigenvalue weighted by Gasteiger charge is 2.12. The first-order valence-corrected chi connectivity index (χ1v) is 6.97. The molecule has 2 rings (SSSR count). The second kappa shape index (κ2) is 7.88. The quantitative estimate of drug-likeness (QED) is 0.364. The number of ether oxygens (including phenoxy) is 3. The summed E-state index contributed by atoms with van der Waals surface area (Å²) in [7, 11) is 1.29. The molecule has 1 aromatic carbocycles. The van der Waals surface area contributed by atoms with E-state index in [4.69, 9.17) is 19.7 Å². The number of nitrogens with two attached hydrogens (primary N) is 1. The number of hydrogen-bond donors (Lipinski definition) is 1. The van der Waals surface area contributed by atoms with Crippen molar-refractivity contribution in [1.29, 1.82) is 0 Å². The van der Waals surface area contributed by atoms with Gasteiger partial charge in [0.2, 0.25) is 5.76 Å². The van der Waals surface area contributed by atoms with Crippen molar-refractivity contribution in [2.24, 2.45) is 10.9 Å². The SMILES string of the molecule is CCOc1cc(C=NN)ccc1OCc1ccc(C(=O)OC)o1. The summed E-state index contributed by atoms with van der Waals surface area (Å²) in [6, 6.07) is 8.52. The molecule has 7 nitrogen and oxygen atoms in total. The van der Waals surface area contributed by atoms with Gasteiger partial charge in [-0.2, -0.15) is 5.10 Å². The number of esters is 1. The van der Waals surface area contributed by atoms with E-state index in [1.807, 2.05) is 6.92 Å². The molecule has 7 heteroatoms. The molecule has 0 fully saturated rings. The van der Waals surface area contributed by atoms with Crippen molar-refractivity contribution in [3.63, 3.8) is 0 Å². The van der Waals surface area contributed by atoms with Gasteiger partial charge in [0.25, 0.3) is 0 Å². The number of furan rings is 1. The standard InChI is InChI=1S/C16H18N2O5/c1-3-21-15-8-11(9-18-17)4-6-13(15)22-10-12-5-7-14(23-12)16(19)20-2/h4-9H,3,10,17H2,1-2H3. The Labute approximate surface area is 133 Å². The van der Waals surface area contributed by atoms with E-state index in [0.29, 0.717) is 23.9 Å². The Morgan fingerprint density at radius 1 is 1.26 bits per heavy atom. The molecule has 0 saturated carbocycles. The van der Waals surface area contributed by atoms with Crippen LogP contribution in [0.3, 0.4) is 0 Å². The van der Waals surface area contributed by atoms with E-state index >= 15 is 0 Å². The maximum atomic E-state index is 11.3. The zero-order valence-electron chi connectivity index (χ0n) is 12.9. The Balaban J connectivity index is 2.10. The lowest BCUT2D eigenvalue weighted by atomic mass is 10.2. The van der Waals surface area contributed by atoms with Gasteiger partial charge < -0.3 is 24.5 Å². The predicted molar refractivity (Wildman–Crippen MR) is 83.8 cm³/mol. The van der Waals surface area contributed by atoms with Crippen LogP contribution in [-0.2, 0) is 11.3 Å². The Bertz CT molecular complexity index is 694. The predicted octanol–water partition coefficient (Wildman–Crippen LogP) is 2.34. The van der Waals surface area contributed by atoms with E-state index in [9.17, 15) is 4.79 Å². The van der Waals surface area contributed by atoms with Gasteiger partial charge in [0.15, 0.2) is 11.5 Å². The summed E-state index contributed by atoms with van der Waals surface area (Å²) >= 11 is 0. The van der Waals surface area contributed by atoms with Crippen LogP contribution in [-0.4, -0.2) is 25.9 Å². The minimum atomic E-state index is -0.531. The van der Waals surface area contributed by atoms with Crippen LogP contribution >= 0.6 is 0 Å². The zero-order valence-corrected chi connectivity index (χ0v) is 12.9. The number of hydrazone groups is 1. The van der Waals surface area contributed by atoms with Gasteiger partial charge in [-0.25, -0.2) is 4.79 Å². The van der Waals surface area contributed by atoms with Crippen molar-refractivity contribution in [1.82, 2.24) is 0 Å². The van der Waals surface area contributed by atoms with Crippen molar-refractivity contribution in [2.45, 2.75) is 13.5 Å². The summed E-state index contributed by atoms with van der Waals surface area (Å²) in [5.41, 5.74) is 0.800. The number of methoxy groups -OCH3 is 1. The first-order chi connectivity index (χ1) is 11.2. The van der Waals surface area contributed by atoms with E-state index in [2.05, 4.69) is 9.84 Å². The lowest BCUT2D eigenvalue weighted by Gasteiger charge is -2.11. The van der Waals surface area contributed by atoms with E-state index in [-0.39, 0.29) is 12.4 Å². The molecular weight excluding hydrogens is 300 g/mol. The number of carbonyl (C=O) groups is 1. The largest absolute Gasteiger partial charge is 0.490 e. The van der Waals surface area contributed by atoms with E-state index in [0.717, 1.165) is 5.56 Å². The number of rotatable bonds is 7. The van der Waals surface area contributed by atoms with Gasteiger partial charge >= 0.3 is 5.97 Å². The lowest BCUT2D eigenvalue weighted by molar-refractivity contribution is 0.0561. The molecule has 1 heterocycles. The van der Waals surface area contributed by atoms with Gasteiger partial charge in [0.1, 0.15) is 12.4 Å². The Morgan fingerprint density at radius 3 is 2.78 bits per heavy atom. The number of benzene rings is 1. The Kier molecular flexibility index (Phi) is 5.62. The van der Waals surface area contributed by atoms with Gasteiger partial charge in [0.05, 0.1) is 19.9 Å². The van der Waals surface area contributed by atoms with Crippen LogP contribution in [0, 0.1) is 0 Å². The van der Waals surface area contributed by atoms with Crippen molar-refractivity contribution >= 4 is 12.2 Å². The van der Waals surface area contributed by atoms with Crippen LogP contribution in [0.15, 0.2) is 39.9 Å². The highest BCUT2D eigenvalue weighted by atomic mass is 16.5. The molecule has 0 unspecified atom stereocenters. The molecule has 2 aromatic rings. The van der Waals surface area contributed by atoms with Gasteiger partial charge in [-0.15, -0.1) is 0 Å². The fourth-order valence-electron chi connectivity index (χ4n) is 1.89. The summed E-state index contributed by atoms with van der Waals surface area (Å²) < 4.78 is 21.2. The third kappa shape index (κ3) is 4.26. The molecular formula is C16H18N2O5. The van der Waals surface area contributed by atoms with Crippen molar-refractivity contribution < 1.29 is 23.4 Å². The van der Waals surface area contributed by atoms with Gasteiger partial charge in [-0.3, -0.25) is 0 Å². The average molecular weight is 318 g/mol. The third-order valence-electron chi connectivity index (χ3n) is 2.91. The van der Waals surface area contributed by atoms with Crippen LogP contribution < -0.4 is 15.3 Å². The van der Waals surface area contributed by atoms with Crippen LogP contribution in [0.25, 0.3) is 0 Å². The third-order valence-corrected chi connectivity index (χ3v) is 2.91. The molecule has 0 atom stereocenters. The van der Waals surface area contributed by atoms with Crippen LogP contribution in [0.5, 0.6) is 11.5 Å². The fourth-order valence-corrected chi connectivity index (χ4v) is 1.89. The number of carbonyl (C=O) groups excluding carboxylic acids is 1. The highest BCUT2D eigenvalue weighted by Crippen LogP contribution is 2.29. The maximum absolute atomic E-state index is 11.3. The Morgan fingerprint density at radius 2 is 2.09 bits per heavy atom. The molecule has 0 bridgehead atoms. The number of nitrogens with zero attached hydrogens (tertiary/aromatic N) is 1. The molecule has 0 amide bonds. The second-order valence-corrected chi connectivity index (χ2v) is 4.46. The number of hydrogen-bond acceptors (Lipinski definition) is 7. The molecule has 0 saturated heterocycles. The molecule has 23 heavy (non-hydrogen) atoms. The van der Waals surface area contributed by atoms with E-state index in [1.54, 1.807) is 24.3 Å². The fraction of sp³-hybridized carbons (Fsp3) is 0.250. The summed E-state index contributed by atoms with van der Waals surface area (Å²) in [4.78, 5) is 11.3. The lowest BCUT2D eigenvalue weighted by Crippen LogP contribution is -2.01. The van der Waals surface area contributed by atoms with Crippen LogP contribution in [0.1, 0.15) is 28.8 Å². The van der Waals surface area contributed by atoms with Crippen molar-refractivity contribution in [2.75, 3.05) is 13.7 Å².